The molecule has 3 heteroatoms. The summed E-state index contributed by atoms with van der Waals surface area (Å²) < 4.78 is 0. The molecule has 0 aliphatic carbocycles. The first-order valence-corrected chi connectivity index (χ1v) is 5.67. The van der Waals surface area contributed by atoms with Crippen LogP contribution in [-0.2, 0) is 11.2 Å². The van der Waals surface area contributed by atoms with Crippen LogP contribution in [-0.4, -0.2) is 13.0 Å². The van der Waals surface area contributed by atoms with E-state index < -0.39 is 0 Å². The van der Waals surface area contributed by atoms with Crippen molar-refractivity contribution in [1.29, 1.82) is 0 Å². The van der Waals surface area contributed by atoms with Crippen LogP contribution in [0.1, 0.15) is 25.8 Å². The first-order chi connectivity index (χ1) is 8.21. The third kappa shape index (κ3) is 3.87. The number of hydrogen-bond acceptors (Lipinski definition) is 3. The van der Waals surface area contributed by atoms with Gasteiger partial charge in [-0.25, -0.2) is 4.99 Å². The smallest absolute Gasteiger partial charge is 0.128 e. The summed E-state index contributed by atoms with van der Waals surface area (Å²) in [4.78, 5) is 14.3. The number of aliphatic imine (C=N–C) groups is 1. The Kier molecular flexibility index (Phi) is 5.14. The summed E-state index contributed by atoms with van der Waals surface area (Å²) in [5.74, 6) is 0.802. The summed E-state index contributed by atoms with van der Waals surface area (Å²) in [6.45, 7) is 7.66. The molecule has 0 bridgehead atoms. The lowest BCUT2D eigenvalue weighted by atomic mass is 10.1. The quantitative estimate of drug-likeness (QED) is 0.602. The van der Waals surface area contributed by atoms with Gasteiger partial charge in [-0.15, -0.1) is 0 Å². The number of nitrogens with zero attached hydrogens (tertiary/aromatic N) is 1. The van der Waals surface area contributed by atoms with Crippen molar-refractivity contribution in [2.75, 3.05) is 5.32 Å². The minimum Gasteiger partial charge on any atom is -0.340 e. The van der Waals surface area contributed by atoms with Crippen LogP contribution in [0.25, 0.3) is 0 Å². The fourth-order valence-corrected chi connectivity index (χ4v) is 1.41. The number of hydrogen-bond donors (Lipinski definition) is 1. The molecular formula is C14H18N2O. The van der Waals surface area contributed by atoms with Crippen LogP contribution >= 0.6 is 0 Å². The highest BCUT2D eigenvalue weighted by molar-refractivity contribution is 5.57. The number of anilines is 1. The van der Waals surface area contributed by atoms with Crippen molar-refractivity contribution in [1.82, 2.24) is 0 Å². The third-order valence-corrected chi connectivity index (χ3v) is 2.63. The third-order valence-electron chi connectivity index (χ3n) is 2.63. The maximum absolute atomic E-state index is 10.4. The first kappa shape index (κ1) is 13.2. The van der Waals surface area contributed by atoms with Gasteiger partial charge in [0.25, 0.3) is 0 Å². The molecule has 90 valence electrons. The van der Waals surface area contributed by atoms with E-state index in [0.29, 0.717) is 6.42 Å². The zero-order valence-corrected chi connectivity index (χ0v) is 10.4. The van der Waals surface area contributed by atoms with Crippen LogP contribution in [0.2, 0.25) is 0 Å². The van der Waals surface area contributed by atoms with E-state index in [1.807, 2.05) is 31.2 Å². The molecule has 0 aliphatic rings. The highest BCUT2D eigenvalue weighted by atomic mass is 16.1. The minimum absolute atomic E-state index is 0.455. The Hall–Kier alpha value is -1.90. The molecule has 3 nitrogen and oxygen atoms in total. The van der Waals surface area contributed by atoms with Crippen molar-refractivity contribution in [2.45, 2.75) is 26.7 Å². The summed E-state index contributed by atoms with van der Waals surface area (Å²) in [5.41, 5.74) is 3.13. The molecule has 0 unspecified atom stereocenters. The fraction of sp³-hybridized carbons (Fsp3) is 0.286. The number of rotatable bonds is 6. The van der Waals surface area contributed by atoms with E-state index in [9.17, 15) is 4.79 Å². The van der Waals surface area contributed by atoms with Crippen molar-refractivity contribution in [3.63, 3.8) is 0 Å². The van der Waals surface area contributed by atoms with Gasteiger partial charge in [-0.1, -0.05) is 19.1 Å². The highest BCUT2D eigenvalue weighted by Gasteiger charge is 2.00. The second kappa shape index (κ2) is 6.63. The normalized spacial score (nSPS) is 11.6. The van der Waals surface area contributed by atoms with Crippen molar-refractivity contribution in [3.05, 3.63) is 41.2 Å². The number of aldehydes is 1. The van der Waals surface area contributed by atoms with Crippen LogP contribution in [0.15, 0.2) is 40.7 Å². The van der Waals surface area contributed by atoms with Gasteiger partial charge in [0, 0.05) is 12.1 Å². The van der Waals surface area contributed by atoms with Crippen LogP contribution in [0.5, 0.6) is 0 Å². The molecule has 17 heavy (non-hydrogen) atoms. The number of carbonyl (C=O) groups is 1. The Morgan fingerprint density at radius 3 is 2.53 bits per heavy atom. The van der Waals surface area contributed by atoms with Gasteiger partial charge in [0.15, 0.2) is 0 Å². The van der Waals surface area contributed by atoms with Gasteiger partial charge in [-0.05, 0) is 43.3 Å². The van der Waals surface area contributed by atoms with Gasteiger partial charge in [0.1, 0.15) is 12.1 Å². The van der Waals surface area contributed by atoms with E-state index >= 15 is 0 Å². The molecule has 1 aromatic rings. The molecule has 0 heterocycles. The van der Waals surface area contributed by atoms with E-state index in [-0.39, 0.29) is 0 Å². The van der Waals surface area contributed by atoms with Crippen LogP contribution in [0, 0.1) is 0 Å². The number of benzene rings is 1. The fourth-order valence-electron chi connectivity index (χ4n) is 1.41. The monoisotopic (exact) mass is 230 g/mol. The molecule has 0 aliphatic heterocycles. The van der Waals surface area contributed by atoms with Crippen LogP contribution < -0.4 is 5.32 Å². The van der Waals surface area contributed by atoms with Crippen molar-refractivity contribution >= 4 is 18.7 Å². The maximum Gasteiger partial charge on any atom is 0.128 e. The van der Waals surface area contributed by atoms with E-state index in [0.717, 1.165) is 35.4 Å². The predicted molar refractivity (Wildman–Crippen MR) is 72.4 cm³/mol. The van der Waals surface area contributed by atoms with Crippen LogP contribution in [0.3, 0.4) is 0 Å². The standard InChI is InChI=1S/C14H18N2O/c1-4-11(2)14(15-3)16-13-7-5-12(6-8-13)9-10-17/h5-8,10,16H,3-4,9H2,1-2H3/b14-11+. The Morgan fingerprint density at radius 1 is 1.41 bits per heavy atom. The van der Waals surface area contributed by atoms with Gasteiger partial charge in [-0.3, -0.25) is 0 Å². The Labute approximate surface area is 102 Å². The molecule has 0 saturated carbocycles. The predicted octanol–water partition coefficient (Wildman–Crippen LogP) is 3.18. The lowest BCUT2D eigenvalue weighted by molar-refractivity contribution is -0.107. The molecule has 1 N–H and O–H groups in total. The zero-order chi connectivity index (χ0) is 12.7. The number of carbonyl (C=O) groups excluding carboxylic acids is 1. The van der Waals surface area contributed by atoms with E-state index in [4.69, 9.17) is 0 Å². The Balaban J connectivity index is 2.81. The lowest BCUT2D eigenvalue weighted by Crippen LogP contribution is -2.00. The summed E-state index contributed by atoms with van der Waals surface area (Å²) in [5, 5.41) is 3.21. The molecule has 0 aromatic heterocycles. The summed E-state index contributed by atoms with van der Waals surface area (Å²) in [6, 6.07) is 7.73. The summed E-state index contributed by atoms with van der Waals surface area (Å²) >= 11 is 0. The van der Waals surface area contributed by atoms with E-state index in [1.54, 1.807) is 0 Å². The van der Waals surface area contributed by atoms with Gasteiger partial charge >= 0.3 is 0 Å². The number of nitrogens with one attached hydrogen (secondary N) is 1. The average Bonchev–Trinajstić information content (AvgIpc) is 2.37. The summed E-state index contributed by atoms with van der Waals surface area (Å²) in [7, 11) is 0. The minimum atomic E-state index is 0.455. The molecule has 1 rings (SSSR count). The number of allylic oxidation sites excluding steroid dienone is 1. The van der Waals surface area contributed by atoms with Crippen molar-refractivity contribution < 1.29 is 4.79 Å². The Bertz CT molecular complexity index is 418. The van der Waals surface area contributed by atoms with Crippen molar-refractivity contribution in [3.8, 4) is 0 Å². The topological polar surface area (TPSA) is 41.5 Å². The molecule has 0 spiro atoms. The maximum atomic E-state index is 10.4. The second-order valence-electron chi connectivity index (χ2n) is 3.83. The van der Waals surface area contributed by atoms with Crippen molar-refractivity contribution in [2.24, 2.45) is 4.99 Å². The molecule has 0 amide bonds. The van der Waals surface area contributed by atoms with E-state index in [1.165, 1.54) is 0 Å². The molecular weight excluding hydrogens is 212 g/mol. The van der Waals surface area contributed by atoms with Gasteiger partial charge in [0.05, 0.1) is 0 Å². The van der Waals surface area contributed by atoms with Gasteiger partial charge in [0.2, 0.25) is 0 Å². The zero-order valence-electron chi connectivity index (χ0n) is 10.4. The SMILES string of the molecule is C=N/C(Nc1ccc(CC=O)cc1)=C(/C)CC. The van der Waals surface area contributed by atoms with Crippen LogP contribution in [0.4, 0.5) is 5.69 Å². The van der Waals surface area contributed by atoms with Gasteiger partial charge in [-0.2, -0.15) is 0 Å². The highest BCUT2D eigenvalue weighted by Crippen LogP contribution is 2.15. The lowest BCUT2D eigenvalue weighted by Gasteiger charge is -2.09. The largest absolute Gasteiger partial charge is 0.340 e. The average molecular weight is 230 g/mol. The van der Waals surface area contributed by atoms with E-state index in [2.05, 4.69) is 24.0 Å². The Morgan fingerprint density at radius 2 is 2.06 bits per heavy atom. The molecule has 0 fully saturated rings. The molecule has 0 saturated heterocycles. The molecule has 1 aromatic carbocycles. The van der Waals surface area contributed by atoms with Gasteiger partial charge < -0.3 is 10.1 Å². The first-order valence-electron chi connectivity index (χ1n) is 5.67. The summed E-state index contributed by atoms with van der Waals surface area (Å²) in [6.07, 6.45) is 2.29. The molecule has 0 atom stereocenters. The second-order valence-corrected chi connectivity index (χ2v) is 3.83. The molecule has 0 radical (unpaired) electrons.